The number of imide groups is 1. The largest absolute Gasteiger partial charge is 0.491 e. The fourth-order valence-corrected chi connectivity index (χ4v) is 2.13. The minimum atomic E-state index is -0.830. The Hall–Kier alpha value is -2.04. The molecule has 0 spiro atoms. The quantitative estimate of drug-likeness (QED) is 0.858. The normalized spacial score (nSPS) is 17.6. The first-order chi connectivity index (χ1) is 9.29. The van der Waals surface area contributed by atoms with Gasteiger partial charge < -0.3 is 10.1 Å². The first-order valence-corrected chi connectivity index (χ1v) is 6.69. The van der Waals surface area contributed by atoms with Crippen LogP contribution in [-0.4, -0.2) is 28.5 Å². The van der Waals surface area contributed by atoms with Crippen molar-refractivity contribution < 1.29 is 14.3 Å². The van der Waals surface area contributed by atoms with Crippen molar-refractivity contribution >= 4 is 11.9 Å². The van der Waals surface area contributed by atoms with E-state index in [1.54, 1.807) is 13.8 Å². The molecule has 1 aliphatic heterocycles. The molecule has 0 radical (unpaired) electrons. The van der Waals surface area contributed by atoms with Crippen LogP contribution in [0.1, 0.15) is 33.3 Å². The summed E-state index contributed by atoms with van der Waals surface area (Å²) in [4.78, 5) is 25.2. The molecule has 1 fully saturated rings. The van der Waals surface area contributed by atoms with Gasteiger partial charge in [0.2, 0.25) is 0 Å². The van der Waals surface area contributed by atoms with Crippen LogP contribution in [-0.2, 0) is 11.3 Å². The number of rotatable bonds is 4. The van der Waals surface area contributed by atoms with Gasteiger partial charge in [0.1, 0.15) is 11.3 Å². The van der Waals surface area contributed by atoms with Gasteiger partial charge in [-0.1, -0.05) is 12.1 Å². The van der Waals surface area contributed by atoms with E-state index in [2.05, 4.69) is 5.32 Å². The van der Waals surface area contributed by atoms with Crippen molar-refractivity contribution in [3.8, 4) is 5.75 Å². The Bertz CT molecular complexity index is 538. The number of ether oxygens (including phenoxy) is 1. The Balaban J connectivity index is 2.14. The summed E-state index contributed by atoms with van der Waals surface area (Å²) in [6, 6.07) is 7.09. The van der Waals surface area contributed by atoms with Crippen molar-refractivity contribution in [1.29, 1.82) is 0 Å². The number of hydrogen-bond donors (Lipinski definition) is 1. The fraction of sp³-hybridized carbons (Fsp3) is 0.467. The van der Waals surface area contributed by atoms with E-state index in [4.69, 9.17) is 4.74 Å². The molecule has 1 aromatic carbocycles. The third-order valence-electron chi connectivity index (χ3n) is 3.06. The zero-order valence-corrected chi connectivity index (χ0v) is 12.3. The SMILES string of the molecule is CC(C)Oc1cccc(CN2C(=O)NC(C)(C)C2=O)c1. The molecule has 20 heavy (non-hydrogen) atoms. The smallest absolute Gasteiger partial charge is 0.325 e. The second kappa shape index (κ2) is 5.15. The average Bonchev–Trinajstić information content (AvgIpc) is 2.51. The molecular formula is C15H20N2O3. The molecule has 1 saturated heterocycles. The Labute approximate surface area is 118 Å². The van der Waals surface area contributed by atoms with Gasteiger partial charge in [-0.2, -0.15) is 0 Å². The molecular weight excluding hydrogens is 256 g/mol. The highest BCUT2D eigenvalue weighted by Gasteiger charge is 2.44. The number of carbonyl (C=O) groups is 2. The highest BCUT2D eigenvalue weighted by Crippen LogP contribution is 2.21. The van der Waals surface area contributed by atoms with Crippen LogP contribution in [0.4, 0.5) is 4.79 Å². The van der Waals surface area contributed by atoms with E-state index in [-0.39, 0.29) is 24.6 Å². The van der Waals surface area contributed by atoms with E-state index in [9.17, 15) is 9.59 Å². The molecule has 1 aromatic rings. The maximum absolute atomic E-state index is 12.1. The molecule has 0 atom stereocenters. The van der Waals surface area contributed by atoms with E-state index in [0.717, 1.165) is 11.3 Å². The second-order valence-electron chi connectivity index (χ2n) is 5.76. The first kappa shape index (κ1) is 14.4. The maximum atomic E-state index is 12.1. The molecule has 0 bridgehead atoms. The summed E-state index contributed by atoms with van der Waals surface area (Å²) in [7, 11) is 0. The molecule has 0 aromatic heterocycles. The number of amides is 3. The number of carbonyl (C=O) groups excluding carboxylic acids is 2. The highest BCUT2D eigenvalue weighted by atomic mass is 16.5. The second-order valence-corrected chi connectivity index (χ2v) is 5.76. The monoisotopic (exact) mass is 276 g/mol. The van der Waals surface area contributed by atoms with Crippen LogP contribution in [0.5, 0.6) is 5.75 Å². The van der Waals surface area contributed by atoms with Gasteiger partial charge in [-0.25, -0.2) is 4.79 Å². The molecule has 1 N–H and O–H groups in total. The van der Waals surface area contributed by atoms with Gasteiger partial charge in [-0.15, -0.1) is 0 Å². The van der Waals surface area contributed by atoms with Crippen LogP contribution >= 0.6 is 0 Å². The van der Waals surface area contributed by atoms with Crippen LogP contribution in [0, 0.1) is 0 Å². The molecule has 1 heterocycles. The third-order valence-corrected chi connectivity index (χ3v) is 3.06. The molecule has 5 nitrogen and oxygen atoms in total. The zero-order valence-electron chi connectivity index (χ0n) is 12.3. The lowest BCUT2D eigenvalue weighted by Crippen LogP contribution is -2.40. The highest BCUT2D eigenvalue weighted by molar-refractivity contribution is 6.06. The van der Waals surface area contributed by atoms with Crippen LogP contribution < -0.4 is 10.1 Å². The van der Waals surface area contributed by atoms with E-state index >= 15 is 0 Å². The molecule has 0 unspecified atom stereocenters. The van der Waals surface area contributed by atoms with Gasteiger partial charge >= 0.3 is 6.03 Å². The van der Waals surface area contributed by atoms with Gasteiger partial charge in [0, 0.05) is 0 Å². The topological polar surface area (TPSA) is 58.6 Å². The molecule has 5 heteroatoms. The number of nitrogens with zero attached hydrogens (tertiary/aromatic N) is 1. The lowest BCUT2D eigenvalue weighted by molar-refractivity contribution is -0.130. The number of nitrogens with one attached hydrogen (secondary N) is 1. The molecule has 108 valence electrons. The van der Waals surface area contributed by atoms with Gasteiger partial charge in [0.25, 0.3) is 5.91 Å². The van der Waals surface area contributed by atoms with Crippen molar-refractivity contribution in [1.82, 2.24) is 10.2 Å². The van der Waals surface area contributed by atoms with E-state index in [1.807, 2.05) is 38.1 Å². The standard InChI is InChI=1S/C15H20N2O3/c1-10(2)20-12-7-5-6-11(8-12)9-17-13(18)15(3,4)16-14(17)19/h5-8,10H,9H2,1-4H3,(H,16,19). The lowest BCUT2D eigenvalue weighted by atomic mass is 10.1. The van der Waals surface area contributed by atoms with Crippen molar-refractivity contribution in [3.05, 3.63) is 29.8 Å². The number of hydrogen-bond acceptors (Lipinski definition) is 3. The van der Waals surface area contributed by atoms with Gasteiger partial charge in [-0.3, -0.25) is 9.69 Å². The van der Waals surface area contributed by atoms with Crippen LogP contribution in [0.25, 0.3) is 0 Å². The summed E-state index contributed by atoms with van der Waals surface area (Å²) < 4.78 is 5.61. The number of urea groups is 1. The number of benzene rings is 1. The lowest BCUT2D eigenvalue weighted by Gasteiger charge is -2.17. The summed E-state index contributed by atoms with van der Waals surface area (Å²) in [5.74, 6) is 0.529. The van der Waals surface area contributed by atoms with Crippen molar-refractivity contribution in [2.24, 2.45) is 0 Å². The Morgan fingerprint density at radius 2 is 2.00 bits per heavy atom. The van der Waals surface area contributed by atoms with Gasteiger partial charge in [-0.05, 0) is 45.4 Å². The molecule has 0 saturated carbocycles. The predicted octanol–water partition coefficient (Wildman–Crippen LogP) is 2.30. The van der Waals surface area contributed by atoms with Crippen LogP contribution in [0.2, 0.25) is 0 Å². The molecule has 2 rings (SSSR count). The average molecular weight is 276 g/mol. The van der Waals surface area contributed by atoms with Gasteiger partial charge in [0.15, 0.2) is 0 Å². The van der Waals surface area contributed by atoms with Crippen molar-refractivity contribution in [3.63, 3.8) is 0 Å². The van der Waals surface area contributed by atoms with Gasteiger partial charge in [0.05, 0.1) is 12.6 Å². The summed E-state index contributed by atoms with van der Waals surface area (Å²) in [5.41, 5.74) is 0.0349. The Morgan fingerprint density at radius 3 is 2.55 bits per heavy atom. The summed E-state index contributed by atoms with van der Waals surface area (Å²) in [6.45, 7) is 7.56. The summed E-state index contributed by atoms with van der Waals surface area (Å²) in [5, 5.41) is 2.67. The predicted molar refractivity (Wildman–Crippen MR) is 75.4 cm³/mol. The van der Waals surface area contributed by atoms with E-state index in [1.165, 1.54) is 4.90 Å². The van der Waals surface area contributed by atoms with E-state index < -0.39 is 5.54 Å². The maximum Gasteiger partial charge on any atom is 0.325 e. The zero-order chi connectivity index (χ0) is 14.9. The minimum absolute atomic E-state index is 0.0842. The van der Waals surface area contributed by atoms with Crippen LogP contribution in [0.3, 0.4) is 0 Å². The summed E-state index contributed by atoms with van der Waals surface area (Å²) in [6.07, 6.45) is 0.0842. The van der Waals surface area contributed by atoms with Crippen LogP contribution in [0.15, 0.2) is 24.3 Å². The Kier molecular flexibility index (Phi) is 3.70. The first-order valence-electron chi connectivity index (χ1n) is 6.69. The van der Waals surface area contributed by atoms with E-state index in [0.29, 0.717) is 0 Å². The fourth-order valence-electron chi connectivity index (χ4n) is 2.13. The Morgan fingerprint density at radius 1 is 1.30 bits per heavy atom. The van der Waals surface area contributed by atoms with Crippen molar-refractivity contribution in [2.45, 2.75) is 45.9 Å². The minimum Gasteiger partial charge on any atom is -0.491 e. The molecule has 3 amide bonds. The third kappa shape index (κ3) is 2.92. The van der Waals surface area contributed by atoms with Crippen molar-refractivity contribution in [2.75, 3.05) is 0 Å². The molecule has 1 aliphatic rings. The summed E-state index contributed by atoms with van der Waals surface area (Å²) >= 11 is 0. The molecule has 0 aliphatic carbocycles.